The lowest BCUT2D eigenvalue weighted by Crippen LogP contribution is -2.42. The van der Waals surface area contributed by atoms with Crippen molar-refractivity contribution in [2.24, 2.45) is 11.3 Å². The number of carbonyl (C=O) groups excluding carboxylic acids is 1. The fourth-order valence-electron chi connectivity index (χ4n) is 2.92. The first-order chi connectivity index (χ1) is 9.96. The van der Waals surface area contributed by atoms with Crippen LogP contribution in [0.1, 0.15) is 51.6 Å². The Bertz CT molecular complexity index is 450. The quantitative estimate of drug-likeness (QED) is 0.886. The molecule has 1 amide bonds. The van der Waals surface area contributed by atoms with Gasteiger partial charge in [0.05, 0.1) is 12.0 Å². The molecule has 2 atom stereocenters. The number of hydrogen-bond donors (Lipinski definition) is 2. The number of hydrogen-bond acceptors (Lipinski definition) is 2. The Morgan fingerprint density at radius 2 is 2.00 bits per heavy atom. The number of halogens is 1. The van der Waals surface area contributed by atoms with Gasteiger partial charge in [-0.3, -0.25) is 4.79 Å². The van der Waals surface area contributed by atoms with Gasteiger partial charge in [0, 0.05) is 6.54 Å². The first-order valence-electron chi connectivity index (χ1n) is 8.02. The fraction of sp³-hybridized carbons (Fsp3) is 0.611. The summed E-state index contributed by atoms with van der Waals surface area (Å²) in [7, 11) is 0. The van der Waals surface area contributed by atoms with Crippen LogP contribution in [0.5, 0.6) is 0 Å². The van der Waals surface area contributed by atoms with Crippen molar-refractivity contribution in [1.29, 1.82) is 0 Å². The van der Waals surface area contributed by atoms with Gasteiger partial charge in [-0.2, -0.15) is 0 Å². The van der Waals surface area contributed by atoms with E-state index in [-0.39, 0.29) is 35.7 Å². The maximum absolute atomic E-state index is 12.5. The largest absolute Gasteiger partial charge is 0.349 e. The van der Waals surface area contributed by atoms with Crippen LogP contribution in [0.4, 0.5) is 0 Å². The number of benzene rings is 1. The van der Waals surface area contributed by atoms with E-state index in [9.17, 15) is 4.79 Å². The molecule has 0 radical (unpaired) electrons. The van der Waals surface area contributed by atoms with Crippen LogP contribution in [0.2, 0.25) is 0 Å². The second-order valence-electron chi connectivity index (χ2n) is 7.28. The number of rotatable bonds is 4. The van der Waals surface area contributed by atoms with E-state index < -0.39 is 0 Å². The highest BCUT2D eigenvalue weighted by Gasteiger charge is 2.26. The van der Waals surface area contributed by atoms with E-state index in [1.54, 1.807) is 0 Å². The summed E-state index contributed by atoms with van der Waals surface area (Å²) in [6.45, 7) is 8.50. The van der Waals surface area contributed by atoms with Crippen LogP contribution in [0, 0.1) is 11.3 Å². The molecule has 1 aliphatic rings. The summed E-state index contributed by atoms with van der Waals surface area (Å²) in [5.74, 6) is 0.310. The average molecular weight is 325 g/mol. The molecule has 1 fully saturated rings. The van der Waals surface area contributed by atoms with Gasteiger partial charge in [0.2, 0.25) is 5.91 Å². The monoisotopic (exact) mass is 324 g/mol. The van der Waals surface area contributed by atoms with Gasteiger partial charge in [-0.15, -0.1) is 12.4 Å². The van der Waals surface area contributed by atoms with Crippen molar-refractivity contribution in [2.75, 3.05) is 13.1 Å². The topological polar surface area (TPSA) is 41.1 Å². The second-order valence-corrected chi connectivity index (χ2v) is 7.28. The number of nitrogens with one attached hydrogen (secondary N) is 2. The van der Waals surface area contributed by atoms with Gasteiger partial charge in [-0.05, 0) is 36.8 Å². The Labute approximate surface area is 140 Å². The molecule has 1 aromatic rings. The van der Waals surface area contributed by atoms with Gasteiger partial charge in [-0.25, -0.2) is 0 Å². The zero-order valence-corrected chi connectivity index (χ0v) is 14.7. The van der Waals surface area contributed by atoms with Crippen molar-refractivity contribution >= 4 is 18.3 Å². The predicted octanol–water partition coefficient (Wildman–Crippen LogP) is 3.70. The van der Waals surface area contributed by atoms with Crippen LogP contribution >= 0.6 is 12.4 Å². The van der Waals surface area contributed by atoms with Crippen molar-refractivity contribution < 1.29 is 4.79 Å². The molecule has 0 aliphatic carbocycles. The summed E-state index contributed by atoms with van der Waals surface area (Å²) in [6.07, 6.45) is 3.03. The number of amides is 1. The highest BCUT2D eigenvalue weighted by molar-refractivity contribution is 5.85. The first-order valence-corrected chi connectivity index (χ1v) is 8.02. The normalized spacial score (nSPS) is 19.9. The Hall–Kier alpha value is -1.06. The second kappa shape index (κ2) is 8.54. The number of piperidine rings is 1. The van der Waals surface area contributed by atoms with Crippen LogP contribution < -0.4 is 10.6 Å². The molecule has 1 saturated heterocycles. The molecular formula is C18H29ClN2O. The molecule has 2 rings (SSSR count). The Kier molecular flexibility index (Phi) is 7.37. The Balaban J connectivity index is 0.00000242. The molecule has 1 heterocycles. The van der Waals surface area contributed by atoms with Gasteiger partial charge in [0.15, 0.2) is 0 Å². The minimum Gasteiger partial charge on any atom is -0.349 e. The molecule has 1 unspecified atom stereocenters. The molecular weight excluding hydrogens is 296 g/mol. The summed E-state index contributed by atoms with van der Waals surface area (Å²) < 4.78 is 0. The summed E-state index contributed by atoms with van der Waals surface area (Å²) >= 11 is 0. The minimum absolute atomic E-state index is 0. The first kappa shape index (κ1) is 19.0. The van der Waals surface area contributed by atoms with Crippen LogP contribution in [0.25, 0.3) is 0 Å². The van der Waals surface area contributed by atoms with E-state index in [1.165, 1.54) is 5.56 Å². The highest BCUT2D eigenvalue weighted by Crippen LogP contribution is 2.29. The molecule has 0 bridgehead atoms. The lowest BCUT2D eigenvalue weighted by Gasteiger charge is -2.30. The Morgan fingerprint density at radius 3 is 2.55 bits per heavy atom. The third-order valence-electron chi connectivity index (χ3n) is 4.00. The summed E-state index contributed by atoms with van der Waals surface area (Å²) in [5.41, 5.74) is 1.38. The predicted molar refractivity (Wildman–Crippen MR) is 94.2 cm³/mol. The van der Waals surface area contributed by atoms with Gasteiger partial charge in [0.25, 0.3) is 0 Å². The zero-order valence-electron chi connectivity index (χ0n) is 13.9. The number of carbonyl (C=O) groups is 1. The molecule has 2 N–H and O–H groups in total. The van der Waals surface area contributed by atoms with Crippen LogP contribution in [0.15, 0.2) is 30.3 Å². The van der Waals surface area contributed by atoms with Gasteiger partial charge in [-0.1, -0.05) is 51.1 Å². The highest BCUT2D eigenvalue weighted by atomic mass is 35.5. The van der Waals surface area contributed by atoms with Gasteiger partial charge < -0.3 is 10.6 Å². The molecule has 1 aliphatic heterocycles. The van der Waals surface area contributed by atoms with E-state index in [4.69, 9.17) is 0 Å². The van der Waals surface area contributed by atoms with Crippen LogP contribution in [-0.4, -0.2) is 19.0 Å². The fourth-order valence-corrected chi connectivity index (χ4v) is 2.92. The molecule has 0 saturated carbocycles. The van der Waals surface area contributed by atoms with E-state index >= 15 is 0 Å². The van der Waals surface area contributed by atoms with Crippen molar-refractivity contribution in [3.63, 3.8) is 0 Å². The third-order valence-corrected chi connectivity index (χ3v) is 4.00. The summed E-state index contributed by atoms with van der Waals surface area (Å²) in [5, 5.41) is 6.60. The third kappa shape index (κ3) is 5.98. The van der Waals surface area contributed by atoms with Crippen molar-refractivity contribution in [1.82, 2.24) is 10.6 Å². The lowest BCUT2D eigenvalue weighted by atomic mass is 9.85. The molecule has 22 heavy (non-hydrogen) atoms. The van der Waals surface area contributed by atoms with Gasteiger partial charge >= 0.3 is 0 Å². The molecule has 4 heteroatoms. The maximum Gasteiger partial charge on any atom is 0.224 e. The van der Waals surface area contributed by atoms with Crippen molar-refractivity contribution in [3.05, 3.63) is 35.9 Å². The average Bonchev–Trinajstić information content (AvgIpc) is 2.47. The molecule has 124 valence electrons. The van der Waals surface area contributed by atoms with E-state index in [1.807, 2.05) is 18.2 Å². The summed E-state index contributed by atoms with van der Waals surface area (Å²) in [6, 6.07) is 10.4. The maximum atomic E-state index is 12.5. The van der Waals surface area contributed by atoms with Crippen molar-refractivity contribution in [3.8, 4) is 0 Å². The van der Waals surface area contributed by atoms with Crippen LogP contribution in [0.3, 0.4) is 0 Å². The van der Waals surface area contributed by atoms with E-state index in [0.29, 0.717) is 0 Å². The standard InChI is InChI=1S/C18H28N2O.ClH/c1-18(2,3)12-16(14-8-5-4-6-9-14)20-17(21)15-10-7-11-19-13-15;/h4-6,8-9,15-16,19H,7,10-13H2,1-3H3,(H,20,21);1H/t15-,16?;/m1./s1. The van der Waals surface area contributed by atoms with Crippen molar-refractivity contribution in [2.45, 2.75) is 46.1 Å². The minimum atomic E-state index is 0. The molecule has 0 aromatic heterocycles. The molecule has 0 spiro atoms. The smallest absolute Gasteiger partial charge is 0.224 e. The van der Waals surface area contributed by atoms with E-state index in [0.717, 1.165) is 32.4 Å². The SMILES string of the molecule is CC(C)(C)CC(NC(=O)[C@@H]1CCCNC1)c1ccccc1.Cl. The molecule has 1 aromatic carbocycles. The van der Waals surface area contributed by atoms with E-state index in [2.05, 4.69) is 43.5 Å². The van der Waals surface area contributed by atoms with Crippen LogP contribution in [-0.2, 0) is 4.79 Å². The Morgan fingerprint density at radius 1 is 1.32 bits per heavy atom. The summed E-state index contributed by atoms with van der Waals surface area (Å²) in [4.78, 5) is 12.5. The zero-order chi connectivity index (χ0) is 15.3. The lowest BCUT2D eigenvalue weighted by molar-refractivity contribution is -0.126. The molecule has 3 nitrogen and oxygen atoms in total. The van der Waals surface area contributed by atoms with Gasteiger partial charge in [0.1, 0.15) is 0 Å².